The van der Waals surface area contributed by atoms with Crippen LogP contribution in [0.1, 0.15) is 0 Å². The Kier molecular flexibility index (Phi) is 4.03. The molecule has 0 aromatic carbocycles. The molecule has 0 fully saturated rings. The highest BCUT2D eigenvalue weighted by molar-refractivity contribution is 7.30. The molecule has 1 atom stereocenters. The Hall–Kier alpha value is -0.0900. The molecule has 7 heavy (non-hydrogen) atoms. The molecule has 42 valence electrons. The standard InChI is InChI=1S/CH4N2O3P/c1-3(5)6-7-2-4/h7H,1H3/q-1. The summed E-state index contributed by atoms with van der Waals surface area (Å²) in [6.45, 7) is 0. The number of hydroxylamine groups is 2. The lowest BCUT2D eigenvalue weighted by Crippen LogP contribution is -2.01. The molecule has 5 nitrogen and oxygen atoms in total. The van der Waals surface area contributed by atoms with Crippen LogP contribution in [0.15, 0.2) is 4.95 Å². The van der Waals surface area contributed by atoms with Crippen molar-refractivity contribution in [3.8, 4) is 0 Å². The molecular formula is CH4N2O3P-. The van der Waals surface area contributed by atoms with Crippen molar-refractivity contribution in [2.24, 2.45) is 4.95 Å². The lowest BCUT2D eigenvalue weighted by Gasteiger charge is -2.17. The molecule has 0 bridgehead atoms. The maximum absolute atomic E-state index is 9.71. The fourth-order valence-electron chi connectivity index (χ4n) is 0.0742. The van der Waals surface area contributed by atoms with Crippen molar-refractivity contribution in [3.05, 3.63) is 10.1 Å². The summed E-state index contributed by atoms with van der Waals surface area (Å²) in [6, 6.07) is 0. The van der Waals surface area contributed by atoms with Gasteiger partial charge >= 0.3 is 0 Å². The molecule has 6 heteroatoms. The van der Waals surface area contributed by atoms with E-state index in [4.69, 9.17) is 0 Å². The third-order valence-corrected chi connectivity index (χ3v) is 0.620. The van der Waals surface area contributed by atoms with Crippen molar-refractivity contribution >= 4 is 8.96 Å². The van der Waals surface area contributed by atoms with Crippen LogP contribution in [0.25, 0.3) is 0 Å². The highest BCUT2D eigenvalue weighted by Gasteiger charge is 1.77. The third-order valence-electron chi connectivity index (χ3n) is 0.207. The van der Waals surface area contributed by atoms with Crippen LogP contribution in [0.2, 0.25) is 0 Å². The Labute approximate surface area is 42.1 Å². The van der Waals surface area contributed by atoms with Crippen LogP contribution in [0, 0.1) is 10.1 Å². The van der Waals surface area contributed by atoms with Crippen LogP contribution >= 0.6 is 8.96 Å². The van der Waals surface area contributed by atoms with Crippen molar-refractivity contribution in [2.45, 2.75) is 0 Å². The maximum Gasteiger partial charge on any atom is 0.208 e. The van der Waals surface area contributed by atoms with E-state index in [-0.39, 0.29) is 5.23 Å². The quantitative estimate of drug-likeness (QED) is 0.313. The summed E-state index contributed by atoms with van der Waals surface area (Å²) in [5, 5.41) is 9.89. The zero-order valence-corrected chi connectivity index (χ0v) is 4.62. The number of hydrogen-bond donors (Lipinski definition) is 0. The molecule has 0 aliphatic carbocycles. The molecule has 0 saturated heterocycles. The second kappa shape index (κ2) is 4.08. The van der Waals surface area contributed by atoms with Gasteiger partial charge in [0.2, 0.25) is 8.96 Å². The predicted molar refractivity (Wildman–Crippen MR) is 26.3 cm³/mol. The van der Waals surface area contributed by atoms with E-state index in [0.717, 1.165) is 7.05 Å². The Bertz CT molecular complexity index is 56.9. The minimum atomic E-state index is -0.622. The Balaban J connectivity index is 2.81. The number of nitrogens with zero attached hydrogens (tertiary/aromatic N) is 2. The van der Waals surface area contributed by atoms with Gasteiger partial charge in [0.15, 0.2) is 0 Å². The Morgan fingerprint density at radius 1 is 2.00 bits per heavy atom. The normalized spacial score (nSPS) is 11.3. The number of hydrogen-bond acceptors (Lipinski definition) is 5. The molecule has 0 N–H and O–H groups in total. The smallest absolute Gasteiger partial charge is 0.208 e. The van der Waals surface area contributed by atoms with Gasteiger partial charge in [-0.25, -0.2) is 0 Å². The second-order valence-electron chi connectivity index (χ2n) is 0.714. The first kappa shape index (κ1) is 6.91. The van der Waals surface area contributed by atoms with Crippen LogP contribution in [0.3, 0.4) is 0 Å². The van der Waals surface area contributed by atoms with Crippen LogP contribution < -0.4 is 0 Å². The van der Waals surface area contributed by atoms with Gasteiger partial charge in [-0.1, -0.05) is 0 Å². The first-order valence-electron chi connectivity index (χ1n) is 1.42. The summed E-state index contributed by atoms with van der Waals surface area (Å²) in [7, 11) is 0.515. The molecule has 0 saturated carbocycles. The van der Waals surface area contributed by atoms with Crippen molar-refractivity contribution < 1.29 is 4.62 Å². The van der Waals surface area contributed by atoms with Crippen molar-refractivity contribution in [2.75, 3.05) is 7.05 Å². The van der Waals surface area contributed by atoms with Crippen molar-refractivity contribution in [3.63, 3.8) is 0 Å². The SMILES string of the molecule is CN([O-])OPN=O. The van der Waals surface area contributed by atoms with Crippen LogP contribution in [0.5, 0.6) is 0 Å². The Morgan fingerprint density at radius 3 is 2.71 bits per heavy atom. The van der Waals surface area contributed by atoms with Gasteiger partial charge in [0.25, 0.3) is 0 Å². The first-order chi connectivity index (χ1) is 3.27. The van der Waals surface area contributed by atoms with E-state index in [0.29, 0.717) is 0 Å². The van der Waals surface area contributed by atoms with E-state index in [9.17, 15) is 10.1 Å². The summed E-state index contributed by atoms with van der Waals surface area (Å²) in [5.74, 6) is 0. The minimum Gasteiger partial charge on any atom is -0.762 e. The average Bonchev–Trinajstić information content (AvgIpc) is 1.61. The van der Waals surface area contributed by atoms with Gasteiger partial charge in [0, 0.05) is 0 Å². The van der Waals surface area contributed by atoms with Gasteiger partial charge in [-0.15, -0.1) is 4.91 Å². The van der Waals surface area contributed by atoms with Gasteiger partial charge in [-0.05, 0) is 12.0 Å². The van der Waals surface area contributed by atoms with Crippen LogP contribution in [-0.4, -0.2) is 12.3 Å². The fourth-order valence-corrected chi connectivity index (χ4v) is 0.222. The molecule has 0 radical (unpaired) electrons. The third kappa shape index (κ3) is 5.91. The lowest BCUT2D eigenvalue weighted by molar-refractivity contribution is 0.0430. The summed E-state index contributed by atoms with van der Waals surface area (Å²) < 4.78 is 4.02. The highest BCUT2D eigenvalue weighted by Crippen LogP contribution is 2.11. The average molecular weight is 123 g/mol. The van der Waals surface area contributed by atoms with E-state index in [1.807, 2.05) is 0 Å². The van der Waals surface area contributed by atoms with E-state index in [1.165, 1.54) is 0 Å². The molecule has 0 rings (SSSR count). The highest BCUT2D eigenvalue weighted by atomic mass is 31.1. The van der Waals surface area contributed by atoms with E-state index in [1.54, 1.807) is 0 Å². The number of nitroso groups, excluding NO2 is 1. The molecule has 0 amide bonds. The van der Waals surface area contributed by atoms with Crippen LogP contribution in [0.4, 0.5) is 0 Å². The molecule has 0 aromatic rings. The van der Waals surface area contributed by atoms with Gasteiger partial charge < -0.3 is 5.21 Å². The summed E-state index contributed by atoms with van der Waals surface area (Å²) >= 11 is 0. The van der Waals surface area contributed by atoms with E-state index < -0.39 is 8.96 Å². The fraction of sp³-hybridized carbons (Fsp3) is 1.00. The lowest BCUT2D eigenvalue weighted by atomic mass is 11.5. The summed E-state index contributed by atoms with van der Waals surface area (Å²) in [4.78, 5) is 11.5. The Morgan fingerprint density at radius 2 is 2.57 bits per heavy atom. The molecule has 1 unspecified atom stereocenters. The van der Waals surface area contributed by atoms with E-state index in [2.05, 4.69) is 9.57 Å². The first-order valence-corrected chi connectivity index (χ1v) is 2.28. The molecule has 0 spiro atoms. The van der Waals surface area contributed by atoms with Gasteiger partial charge in [0.1, 0.15) is 0 Å². The zero-order valence-electron chi connectivity index (χ0n) is 3.62. The largest absolute Gasteiger partial charge is 0.762 e. The van der Waals surface area contributed by atoms with Gasteiger partial charge in [-0.3, -0.25) is 9.85 Å². The van der Waals surface area contributed by atoms with Gasteiger partial charge in [0.05, 0.1) is 0 Å². The molecular weight excluding hydrogens is 119 g/mol. The summed E-state index contributed by atoms with van der Waals surface area (Å²) in [6.07, 6.45) is 0. The topological polar surface area (TPSA) is 65.0 Å². The molecule has 0 heterocycles. The van der Waals surface area contributed by atoms with Crippen LogP contribution in [-0.2, 0) is 4.62 Å². The van der Waals surface area contributed by atoms with Crippen molar-refractivity contribution in [1.82, 2.24) is 5.23 Å². The molecule has 0 aliphatic heterocycles. The van der Waals surface area contributed by atoms with Crippen molar-refractivity contribution in [1.29, 1.82) is 0 Å². The van der Waals surface area contributed by atoms with E-state index >= 15 is 0 Å². The minimum absolute atomic E-state index is 0.180. The predicted octanol–water partition coefficient (Wildman–Crippen LogP) is 0.622. The molecule has 0 aliphatic rings. The maximum atomic E-state index is 9.71. The second-order valence-corrected chi connectivity index (χ2v) is 1.26. The summed E-state index contributed by atoms with van der Waals surface area (Å²) in [5.41, 5.74) is 0. The van der Waals surface area contributed by atoms with Gasteiger partial charge in [-0.2, -0.15) is 0 Å². The zero-order chi connectivity index (χ0) is 5.70. The number of rotatable bonds is 3. The monoisotopic (exact) mass is 123 g/mol. The molecule has 0 aromatic heterocycles.